The van der Waals surface area contributed by atoms with E-state index in [2.05, 4.69) is 10.1 Å². The molecule has 0 radical (unpaired) electrons. The first-order chi connectivity index (χ1) is 17.6. The zero-order valence-electron chi connectivity index (χ0n) is 21.3. The lowest BCUT2D eigenvalue weighted by molar-refractivity contribution is -0.211. The molecule has 0 spiro atoms. The van der Waals surface area contributed by atoms with Crippen molar-refractivity contribution in [1.29, 1.82) is 0 Å². The minimum Gasteiger partial charge on any atom is -0.469 e. The second-order valence-electron chi connectivity index (χ2n) is 10.8. The summed E-state index contributed by atoms with van der Waals surface area (Å²) in [4.78, 5) is 56.4. The second kappa shape index (κ2) is 9.08. The number of Topliss-reactive ketones (excluding diaryl/α,β-unsaturated/α-hetero) is 1. The predicted octanol–water partition coefficient (Wildman–Crippen LogP) is 3.46. The summed E-state index contributed by atoms with van der Waals surface area (Å²) >= 11 is 0. The predicted molar refractivity (Wildman–Crippen MR) is 126 cm³/mol. The molecule has 2 aliphatic carbocycles. The molecule has 0 amide bonds. The zero-order valence-corrected chi connectivity index (χ0v) is 21.3. The highest BCUT2D eigenvalue weighted by Gasteiger charge is 2.68. The normalized spacial score (nSPS) is 35.1. The molecule has 196 valence electrons. The van der Waals surface area contributed by atoms with Gasteiger partial charge in [0.15, 0.2) is 18.0 Å². The van der Waals surface area contributed by atoms with Crippen molar-refractivity contribution in [3.05, 3.63) is 36.2 Å². The van der Waals surface area contributed by atoms with Crippen LogP contribution in [0.5, 0.6) is 0 Å². The topological polar surface area (TPSA) is 135 Å². The van der Waals surface area contributed by atoms with Gasteiger partial charge < -0.3 is 18.7 Å². The van der Waals surface area contributed by atoms with E-state index >= 15 is 0 Å². The fourth-order valence-electron chi connectivity index (χ4n) is 7.03. The van der Waals surface area contributed by atoms with E-state index in [1.807, 2.05) is 44.2 Å². The number of aromatic nitrogens is 2. The minimum atomic E-state index is -1.10. The number of methoxy groups -OCH3 is 1. The lowest BCUT2D eigenvalue weighted by Crippen LogP contribution is -2.64. The van der Waals surface area contributed by atoms with Crippen molar-refractivity contribution in [2.45, 2.75) is 58.7 Å². The minimum absolute atomic E-state index is 0.0524. The van der Waals surface area contributed by atoms with E-state index < -0.39 is 58.7 Å². The van der Waals surface area contributed by atoms with Crippen molar-refractivity contribution >= 4 is 23.7 Å². The quantitative estimate of drug-likeness (QED) is 0.444. The number of nitrogens with zero attached hydrogens (tertiary/aromatic N) is 2. The molecule has 3 aliphatic rings. The van der Waals surface area contributed by atoms with E-state index in [0.29, 0.717) is 18.7 Å². The van der Waals surface area contributed by atoms with Crippen LogP contribution in [0.2, 0.25) is 0 Å². The number of ether oxygens (including phenoxy) is 3. The Morgan fingerprint density at radius 1 is 1.11 bits per heavy atom. The molecule has 10 nitrogen and oxygen atoms in total. The summed E-state index contributed by atoms with van der Waals surface area (Å²) in [6, 6.07) is 9.27. The van der Waals surface area contributed by atoms with Gasteiger partial charge in [-0.1, -0.05) is 49.3 Å². The van der Waals surface area contributed by atoms with Gasteiger partial charge in [-0.15, -0.1) is 0 Å². The molecule has 0 N–H and O–H groups in total. The van der Waals surface area contributed by atoms with Crippen molar-refractivity contribution in [2.75, 3.05) is 7.11 Å². The fraction of sp³-hybridized carbons (Fsp3) is 0.556. The van der Waals surface area contributed by atoms with Crippen LogP contribution in [-0.4, -0.2) is 47.0 Å². The Labute approximate surface area is 214 Å². The molecule has 37 heavy (non-hydrogen) atoms. The van der Waals surface area contributed by atoms with Gasteiger partial charge in [-0.2, -0.15) is 4.98 Å². The summed E-state index contributed by atoms with van der Waals surface area (Å²) in [5, 5.41) is 4.05. The molecule has 10 heteroatoms. The van der Waals surface area contributed by atoms with Crippen LogP contribution in [-0.2, 0) is 33.4 Å². The highest BCUT2D eigenvalue weighted by atomic mass is 16.6. The van der Waals surface area contributed by atoms with E-state index in [9.17, 15) is 19.2 Å². The summed E-state index contributed by atoms with van der Waals surface area (Å²) in [5.41, 5.74) is -0.948. The van der Waals surface area contributed by atoms with Gasteiger partial charge in [-0.05, 0) is 23.7 Å². The number of cyclic esters (lactones) is 1. The van der Waals surface area contributed by atoms with Crippen molar-refractivity contribution in [2.24, 2.45) is 28.6 Å². The molecule has 5 rings (SSSR count). The first kappa shape index (κ1) is 25.1. The molecule has 2 aromatic rings. The lowest BCUT2D eigenvalue weighted by Gasteiger charge is -2.60. The van der Waals surface area contributed by atoms with E-state index in [1.54, 1.807) is 0 Å². The summed E-state index contributed by atoms with van der Waals surface area (Å²) < 4.78 is 21.8. The van der Waals surface area contributed by atoms with Gasteiger partial charge in [-0.25, -0.2) is 0 Å². The van der Waals surface area contributed by atoms with Gasteiger partial charge in [0.1, 0.15) is 0 Å². The molecule has 0 bridgehead atoms. The average molecular weight is 511 g/mol. The number of esters is 3. The van der Waals surface area contributed by atoms with Crippen LogP contribution in [0.3, 0.4) is 0 Å². The smallest absolute Gasteiger partial charge is 0.310 e. The molecule has 1 aliphatic heterocycles. The third kappa shape index (κ3) is 4.02. The number of hydrogen-bond acceptors (Lipinski definition) is 10. The van der Waals surface area contributed by atoms with Crippen LogP contribution in [0.15, 0.2) is 34.9 Å². The summed E-state index contributed by atoms with van der Waals surface area (Å²) in [6.45, 7) is 5.01. The van der Waals surface area contributed by atoms with Crippen LogP contribution in [0, 0.1) is 28.6 Å². The van der Waals surface area contributed by atoms with Gasteiger partial charge in [0, 0.05) is 31.2 Å². The maximum absolute atomic E-state index is 13.9. The maximum Gasteiger partial charge on any atom is 0.310 e. The molecule has 1 aromatic heterocycles. The SMILES string of the molecule is COC(=O)[C@@H]1C[C@H](OC(C)=O)C(=O)[C@H]2[C@@]1(C)CC[C@H]1C(=O)O[C@H](c3nc(-c4ccccc4)no3)C[C@]21C. The Bertz CT molecular complexity index is 1240. The summed E-state index contributed by atoms with van der Waals surface area (Å²) in [7, 11) is 1.30. The molecule has 7 atom stereocenters. The van der Waals surface area contributed by atoms with Gasteiger partial charge in [-0.3, -0.25) is 19.2 Å². The summed E-state index contributed by atoms with van der Waals surface area (Å²) in [6.07, 6.45) is -0.759. The number of fused-ring (bicyclic) bond motifs is 3. The standard InChI is InChI=1S/C27H30N2O8/c1-14(30)35-18-12-17(24(32)34-4)26(2)11-10-16-25(33)36-19(13-27(16,3)21(26)20(18)31)23-28-22(29-37-23)15-8-6-5-7-9-15/h5-9,16-19,21H,10-13H2,1-4H3/t16-,17-,18-,19-,21-,26-,27-/m0/s1. The maximum atomic E-state index is 13.9. The number of carbonyl (C=O) groups is 4. The van der Waals surface area contributed by atoms with Crippen LogP contribution in [0.1, 0.15) is 58.4 Å². The Hall–Kier alpha value is -3.56. The summed E-state index contributed by atoms with van der Waals surface area (Å²) in [5.74, 6) is -3.30. The lowest BCUT2D eigenvalue weighted by atomic mass is 9.43. The van der Waals surface area contributed by atoms with Crippen molar-refractivity contribution < 1.29 is 37.9 Å². The average Bonchev–Trinajstić information content (AvgIpc) is 3.35. The number of benzene rings is 1. The molecule has 1 aromatic carbocycles. The monoisotopic (exact) mass is 510 g/mol. The van der Waals surface area contributed by atoms with Gasteiger partial charge in [0.05, 0.1) is 18.9 Å². The molecular formula is C27H30N2O8. The first-order valence-electron chi connectivity index (χ1n) is 12.5. The first-order valence-corrected chi connectivity index (χ1v) is 12.5. The van der Waals surface area contributed by atoms with Crippen molar-refractivity contribution in [1.82, 2.24) is 10.1 Å². The molecule has 2 heterocycles. The molecule has 0 unspecified atom stereocenters. The van der Waals surface area contributed by atoms with Gasteiger partial charge in [0.2, 0.25) is 5.82 Å². The van der Waals surface area contributed by atoms with Crippen LogP contribution < -0.4 is 0 Å². The zero-order chi connectivity index (χ0) is 26.5. The Kier molecular flexibility index (Phi) is 6.16. The molecule has 2 saturated carbocycles. The second-order valence-corrected chi connectivity index (χ2v) is 10.8. The van der Waals surface area contributed by atoms with Gasteiger partial charge >= 0.3 is 17.9 Å². The molecule has 3 fully saturated rings. The number of hydrogen-bond donors (Lipinski definition) is 0. The van der Waals surface area contributed by atoms with E-state index in [-0.39, 0.29) is 24.5 Å². The third-order valence-corrected chi connectivity index (χ3v) is 8.65. The third-order valence-electron chi connectivity index (χ3n) is 8.65. The number of carbonyl (C=O) groups excluding carboxylic acids is 4. The van der Waals surface area contributed by atoms with Crippen molar-refractivity contribution in [3.63, 3.8) is 0 Å². The van der Waals surface area contributed by atoms with E-state index in [4.69, 9.17) is 18.7 Å². The highest BCUT2D eigenvalue weighted by Crippen LogP contribution is 2.65. The van der Waals surface area contributed by atoms with E-state index in [1.165, 1.54) is 14.0 Å². The molecule has 1 saturated heterocycles. The van der Waals surface area contributed by atoms with Gasteiger partial charge in [0.25, 0.3) is 5.89 Å². The van der Waals surface area contributed by atoms with Crippen molar-refractivity contribution in [3.8, 4) is 11.4 Å². The van der Waals surface area contributed by atoms with E-state index in [0.717, 1.165) is 5.56 Å². The highest BCUT2D eigenvalue weighted by molar-refractivity contribution is 5.93. The number of ketones is 1. The molecular weight excluding hydrogens is 480 g/mol. The number of rotatable bonds is 4. The van der Waals surface area contributed by atoms with Crippen LogP contribution in [0.25, 0.3) is 11.4 Å². The Balaban J connectivity index is 1.53. The Morgan fingerprint density at radius 3 is 2.51 bits per heavy atom. The fourth-order valence-corrected chi connectivity index (χ4v) is 7.03. The largest absolute Gasteiger partial charge is 0.469 e. The van der Waals surface area contributed by atoms with Crippen LogP contribution in [0.4, 0.5) is 0 Å². The van der Waals surface area contributed by atoms with Crippen LogP contribution >= 0.6 is 0 Å². The Morgan fingerprint density at radius 2 is 1.84 bits per heavy atom.